The molecule has 1 aliphatic heterocycles. The first-order valence-corrected chi connectivity index (χ1v) is 13.1. The van der Waals surface area contributed by atoms with Gasteiger partial charge in [0, 0.05) is 23.7 Å². The van der Waals surface area contributed by atoms with Gasteiger partial charge in [0.2, 0.25) is 12.3 Å². The molecule has 40 heavy (non-hydrogen) atoms. The van der Waals surface area contributed by atoms with E-state index in [1.165, 1.54) is 4.90 Å². The number of hydrogen-bond acceptors (Lipinski definition) is 6. The van der Waals surface area contributed by atoms with Crippen LogP contribution in [0.5, 0.6) is 5.75 Å². The van der Waals surface area contributed by atoms with Crippen LogP contribution in [0, 0.1) is 34.5 Å². The highest BCUT2D eigenvalue weighted by Crippen LogP contribution is 2.28. The number of carbonyl (C=O) groups is 3. The summed E-state index contributed by atoms with van der Waals surface area (Å²) in [6.45, 7) is 6.55. The molecule has 2 aromatic carbocycles. The number of para-hydroxylation sites is 1. The number of likely N-dealkylation sites (tertiary alicyclic amines) is 1. The third-order valence-electron chi connectivity index (χ3n) is 6.53. The van der Waals surface area contributed by atoms with Crippen molar-refractivity contribution in [2.75, 3.05) is 19.0 Å². The zero-order chi connectivity index (χ0) is 29.2. The topological polar surface area (TPSA) is 151 Å². The number of ether oxygens (including phenoxy) is 1. The fourth-order valence-electron chi connectivity index (χ4n) is 4.69. The minimum atomic E-state index is -0.492. The van der Waals surface area contributed by atoms with Gasteiger partial charge in [-0.05, 0) is 56.0 Å². The van der Waals surface area contributed by atoms with Crippen molar-refractivity contribution in [2.24, 2.45) is 11.8 Å². The smallest absolute Gasteiger partial charge is 0.267 e. The largest absolute Gasteiger partial charge is 0.496 e. The Labute approximate surface area is 233 Å². The molecule has 10 nitrogen and oxygen atoms in total. The number of carbonyl (C=O) groups excluding carboxylic acids is 3. The van der Waals surface area contributed by atoms with Crippen LogP contribution in [-0.2, 0) is 9.59 Å². The summed E-state index contributed by atoms with van der Waals surface area (Å²) in [4.78, 5) is 39.5. The summed E-state index contributed by atoms with van der Waals surface area (Å²) in [6, 6.07) is 18.0. The molecule has 0 aliphatic carbocycles. The summed E-state index contributed by atoms with van der Waals surface area (Å²) in [5, 5.41) is 24.5. The molecule has 1 saturated heterocycles. The first-order valence-electron chi connectivity index (χ1n) is 13.1. The lowest BCUT2D eigenvalue weighted by atomic mass is 10.1. The molecular weight excluding hydrogens is 508 g/mol. The zero-order valence-corrected chi connectivity index (χ0v) is 23.1. The van der Waals surface area contributed by atoms with Gasteiger partial charge in [0.15, 0.2) is 0 Å². The van der Waals surface area contributed by atoms with Crippen molar-refractivity contribution >= 4 is 34.8 Å². The molecule has 3 N–H and O–H groups in total. The third-order valence-corrected chi connectivity index (χ3v) is 6.53. The molecule has 2 heterocycles. The molecular formula is C30H34N6O4. The number of benzene rings is 2. The van der Waals surface area contributed by atoms with Crippen LogP contribution in [0.2, 0.25) is 0 Å². The van der Waals surface area contributed by atoms with Crippen molar-refractivity contribution in [2.45, 2.75) is 45.7 Å². The molecule has 1 aliphatic rings. The van der Waals surface area contributed by atoms with Crippen LogP contribution in [0.4, 0.5) is 5.69 Å². The van der Waals surface area contributed by atoms with E-state index in [4.69, 9.17) is 15.3 Å². The van der Waals surface area contributed by atoms with Crippen molar-refractivity contribution in [3.05, 3.63) is 59.8 Å². The number of rotatable bonds is 8. The summed E-state index contributed by atoms with van der Waals surface area (Å²) < 4.78 is 5.29. The molecule has 208 valence electrons. The summed E-state index contributed by atoms with van der Waals surface area (Å²) in [6.07, 6.45) is 1.95. The van der Waals surface area contributed by atoms with E-state index < -0.39 is 6.04 Å². The lowest BCUT2D eigenvalue weighted by Gasteiger charge is -2.15. The molecule has 0 spiro atoms. The second-order valence-corrected chi connectivity index (χ2v) is 10.2. The van der Waals surface area contributed by atoms with Gasteiger partial charge < -0.3 is 25.3 Å². The lowest BCUT2D eigenvalue weighted by molar-refractivity contribution is -0.120. The fourth-order valence-corrected chi connectivity index (χ4v) is 4.69. The molecule has 4 rings (SSSR count). The second-order valence-electron chi connectivity index (χ2n) is 10.2. The Hall–Kier alpha value is -4.83. The highest BCUT2D eigenvalue weighted by molar-refractivity contribution is 6.00. The number of amides is 3. The van der Waals surface area contributed by atoms with E-state index in [9.17, 15) is 14.4 Å². The normalized spacial score (nSPS) is 16.7. The molecule has 0 radical (unpaired) electrons. The number of aromatic nitrogens is 1. The third kappa shape index (κ3) is 7.61. The van der Waals surface area contributed by atoms with Crippen molar-refractivity contribution < 1.29 is 19.1 Å². The Bertz CT molecular complexity index is 1420. The van der Waals surface area contributed by atoms with E-state index >= 15 is 0 Å². The highest BCUT2D eigenvalue weighted by Gasteiger charge is 2.35. The summed E-state index contributed by atoms with van der Waals surface area (Å²) >= 11 is 0. The number of methoxy groups -OCH3 is 1. The van der Waals surface area contributed by atoms with Gasteiger partial charge in [0.05, 0.1) is 36.2 Å². The number of nitrogens with zero attached hydrogens (tertiary/aromatic N) is 3. The molecule has 0 saturated carbocycles. The second kappa shape index (κ2) is 13.8. The van der Waals surface area contributed by atoms with Gasteiger partial charge in [-0.25, -0.2) is 0 Å². The van der Waals surface area contributed by atoms with Crippen LogP contribution in [-0.4, -0.2) is 53.8 Å². The van der Waals surface area contributed by atoms with Gasteiger partial charge in [-0.2, -0.15) is 10.5 Å². The number of aromatic amines is 1. The van der Waals surface area contributed by atoms with Gasteiger partial charge in [0.25, 0.3) is 5.91 Å². The monoisotopic (exact) mass is 542 g/mol. The Morgan fingerprint density at radius 3 is 2.48 bits per heavy atom. The molecule has 10 heteroatoms. The van der Waals surface area contributed by atoms with Crippen LogP contribution >= 0.6 is 0 Å². The maximum atomic E-state index is 12.3. The van der Waals surface area contributed by atoms with Crippen molar-refractivity contribution in [1.82, 2.24) is 15.2 Å². The predicted molar refractivity (Wildman–Crippen MR) is 151 cm³/mol. The van der Waals surface area contributed by atoms with Gasteiger partial charge in [0.1, 0.15) is 17.5 Å². The SMILES string of the molecule is COc1cc(C#N)cc2[nH]c(C(=O)NC(C)CC(C)C)cc12.N#CC1CC(C(=O)Nc2ccccc2)CN1C=O. The predicted octanol–water partition coefficient (Wildman–Crippen LogP) is 4.21. The molecule has 3 amide bonds. The first-order chi connectivity index (χ1) is 19.2. The maximum absolute atomic E-state index is 12.3. The average molecular weight is 543 g/mol. The van der Waals surface area contributed by atoms with Gasteiger partial charge in [-0.15, -0.1) is 0 Å². The van der Waals surface area contributed by atoms with Crippen LogP contribution < -0.4 is 15.4 Å². The first kappa shape index (κ1) is 29.7. The number of nitrogens with one attached hydrogen (secondary N) is 3. The van der Waals surface area contributed by atoms with E-state index in [1.54, 1.807) is 37.4 Å². The Balaban J connectivity index is 0.000000225. The summed E-state index contributed by atoms with van der Waals surface area (Å²) in [5.41, 5.74) is 2.41. The number of fused-ring (bicyclic) bond motifs is 1. The Morgan fingerprint density at radius 2 is 1.90 bits per heavy atom. The van der Waals surface area contributed by atoms with Crippen LogP contribution in [0.3, 0.4) is 0 Å². The van der Waals surface area contributed by atoms with Gasteiger partial charge in [-0.3, -0.25) is 14.4 Å². The van der Waals surface area contributed by atoms with E-state index in [-0.39, 0.29) is 23.8 Å². The summed E-state index contributed by atoms with van der Waals surface area (Å²) in [7, 11) is 1.55. The van der Waals surface area contributed by atoms with Crippen molar-refractivity contribution in [3.63, 3.8) is 0 Å². The number of anilines is 1. The number of H-pyrrole nitrogens is 1. The standard InChI is InChI=1S/C17H21N3O2.C13H13N3O2/c1-10(2)5-11(3)19-17(21)15-8-13-14(20-15)6-12(9-18)7-16(13)22-4;14-7-12-6-10(8-16(12)9-17)13(18)15-11-4-2-1-3-5-11/h6-8,10-11,20H,5H2,1-4H3,(H,19,21);1-5,9-10,12H,6,8H2,(H,15,18). The van der Waals surface area contributed by atoms with Crippen molar-refractivity contribution in [1.29, 1.82) is 10.5 Å². The van der Waals surface area contributed by atoms with E-state index in [0.717, 1.165) is 23.0 Å². The molecule has 0 bridgehead atoms. The fraction of sp³-hybridized carbons (Fsp3) is 0.367. The molecule has 3 aromatic rings. The average Bonchev–Trinajstić information content (AvgIpc) is 3.57. The Kier molecular flexibility index (Phi) is 10.3. The van der Waals surface area contributed by atoms with E-state index in [0.29, 0.717) is 42.3 Å². The Morgan fingerprint density at radius 1 is 1.18 bits per heavy atom. The minimum Gasteiger partial charge on any atom is -0.496 e. The van der Waals surface area contributed by atoms with Crippen LogP contribution in [0.1, 0.15) is 49.7 Å². The van der Waals surface area contributed by atoms with Gasteiger partial charge in [-0.1, -0.05) is 32.0 Å². The van der Waals surface area contributed by atoms with Crippen LogP contribution in [0.15, 0.2) is 48.5 Å². The number of hydrogen-bond donors (Lipinski definition) is 3. The molecule has 3 unspecified atom stereocenters. The zero-order valence-electron chi connectivity index (χ0n) is 23.1. The van der Waals surface area contributed by atoms with Crippen molar-refractivity contribution in [3.8, 4) is 17.9 Å². The molecule has 3 atom stereocenters. The highest BCUT2D eigenvalue weighted by atomic mass is 16.5. The van der Waals surface area contributed by atoms with E-state index in [2.05, 4.69) is 35.5 Å². The lowest BCUT2D eigenvalue weighted by Crippen LogP contribution is -2.33. The number of nitriles is 2. The van der Waals surface area contributed by atoms with Crippen LogP contribution in [0.25, 0.3) is 10.9 Å². The quantitative estimate of drug-likeness (QED) is 0.363. The maximum Gasteiger partial charge on any atom is 0.267 e. The van der Waals surface area contributed by atoms with Gasteiger partial charge >= 0.3 is 0 Å². The molecule has 1 fully saturated rings. The molecule has 1 aromatic heterocycles. The van der Waals surface area contributed by atoms with E-state index in [1.807, 2.05) is 31.2 Å². The summed E-state index contributed by atoms with van der Waals surface area (Å²) in [5.74, 6) is 0.492. The minimum absolute atomic E-state index is 0.107.